The van der Waals surface area contributed by atoms with Crippen LogP contribution in [-0.4, -0.2) is 6.04 Å². The molecule has 64 valence electrons. The van der Waals surface area contributed by atoms with E-state index in [0.29, 0.717) is 6.04 Å². The van der Waals surface area contributed by atoms with Crippen molar-refractivity contribution < 1.29 is 0 Å². The highest BCUT2D eigenvalue weighted by Crippen LogP contribution is 2.32. The van der Waals surface area contributed by atoms with Crippen molar-refractivity contribution in [3.05, 3.63) is 35.9 Å². The Morgan fingerprint density at radius 1 is 1.08 bits per heavy atom. The van der Waals surface area contributed by atoms with Gasteiger partial charge in [0, 0.05) is 6.04 Å². The highest BCUT2D eigenvalue weighted by atomic mass is 14.6. The van der Waals surface area contributed by atoms with Crippen LogP contribution in [0.4, 0.5) is 0 Å². The van der Waals surface area contributed by atoms with Gasteiger partial charge in [0.1, 0.15) is 0 Å². The number of hydrogen-bond acceptors (Lipinski definition) is 1. The van der Waals surface area contributed by atoms with Crippen LogP contribution >= 0.6 is 0 Å². The molecule has 2 rings (SSSR count). The van der Waals surface area contributed by atoms with Crippen LogP contribution in [0, 0.1) is 0 Å². The van der Waals surface area contributed by atoms with E-state index < -0.39 is 0 Å². The first-order chi connectivity index (χ1) is 5.86. The van der Waals surface area contributed by atoms with Crippen LogP contribution in [0.2, 0.25) is 0 Å². The summed E-state index contributed by atoms with van der Waals surface area (Å²) < 4.78 is 0. The van der Waals surface area contributed by atoms with Gasteiger partial charge in [-0.1, -0.05) is 30.3 Å². The second kappa shape index (κ2) is 3.28. The molecular weight excluding hydrogens is 146 g/mol. The quantitative estimate of drug-likeness (QED) is 0.672. The molecule has 1 heteroatoms. The minimum atomic E-state index is 0.440. The van der Waals surface area contributed by atoms with Gasteiger partial charge < -0.3 is 5.73 Å². The summed E-state index contributed by atoms with van der Waals surface area (Å²) in [6.45, 7) is 0. The fourth-order valence-electron chi connectivity index (χ4n) is 2.04. The zero-order valence-electron chi connectivity index (χ0n) is 7.24. The van der Waals surface area contributed by atoms with Crippen LogP contribution < -0.4 is 5.73 Å². The van der Waals surface area contributed by atoms with Gasteiger partial charge in [-0.3, -0.25) is 0 Å². The molecule has 0 unspecified atom stereocenters. The largest absolute Gasteiger partial charge is 0.328 e. The molecule has 1 nitrogen and oxygen atoms in total. The van der Waals surface area contributed by atoms with Crippen LogP contribution in [0.15, 0.2) is 30.3 Å². The van der Waals surface area contributed by atoms with Crippen molar-refractivity contribution in [2.45, 2.75) is 31.2 Å². The van der Waals surface area contributed by atoms with Gasteiger partial charge in [-0.25, -0.2) is 0 Å². The molecule has 0 aliphatic heterocycles. The molecule has 0 amide bonds. The lowest BCUT2D eigenvalue weighted by Crippen LogP contribution is -2.14. The van der Waals surface area contributed by atoms with Crippen LogP contribution in [0.1, 0.15) is 30.7 Å². The predicted molar refractivity (Wildman–Crippen MR) is 51.0 cm³/mol. The third-order valence-corrected chi connectivity index (χ3v) is 2.74. The van der Waals surface area contributed by atoms with E-state index in [9.17, 15) is 0 Å². The Balaban J connectivity index is 2.11. The van der Waals surface area contributed by atoms with Gasteiger partial charge in [-0.05, 0) is 30.7 Å². The molecule has 1 fully saturated rings. The Morgan fingerprint density at radius 2 is 1.83 bits per heavy atom. The third-order valence-electron chi connectivity index (χ3n) is 2.74. The summed E-state index contributed by atoms with van der Waals surface area (Å²) in [4.78, 5) is 0. The molecule has 1 aromatic rings. The van der Waals surface area contributed by atoms with Crippen molar-refractivity contribution in [3.63, 3.8) is 0 Å². The van der Waals surface area contributed by atoms with E-state index >= 15 is 0 Å². The Hall–Kier alpha value is -0.820. The maximum absolute atomic E-state index is 5.86. The molecule has 0 saturated heterocycles. The smallest absolute Gasteiger partial charge is 0.00448 e. The molecule has 2 atom stereocenters. The molecule has 0 bridgehead atoms. The van der Waals surface area contributed by atoms with Gasteiger partial charge in [-0.2, -0.15) is 0 Å². The third kappa shape index (κ3) is 1.51. The molecular formula is C11H15N. The predicted octanol–water partition coefficient (Wildman–Crippen LogP) is 2.28. The van der Waals surface area contributed by atoms with Gasteiger partial charge in [-0.15, -0.1) is 0 Å². The lowest BCUT2D eigenvalue weighted by atomic mass is 9.98. The molecule has 0 radical (unpaired) electrons. The molecule has 0 heterocycles. The number of hydrogen-bond donors (Lipinski definition) is 1. The van der Waals surface area contributed by atoms with Crippen molar-refractivity contribution >= 4 is 0 Å². The topological polar surface area (TPSA) is 26.0 Å². The van der Waals surface area contributed by atoms with Gasteiger partial charge in [0.2, 0.25) is 0 Å². The standard InChI is InChI=1S/C11H15N/c12-11-7-6-10(8-11)9-4-2-1-3-5-9/h1-5,10-11H,6-8,12H2/t10-,11+/m0/s1. The highest BCUT2D eigenvalue weighted by molar-refractivity contribution is 5.20. The molecule has 1 aromatic carbocycles. The van der Waals surface area contributed by atoms with Crippen LogP contribution in [0.25, 0.3) is 0 Å². The van der Waals surface area contributed by atoms with Crippen LogP contribution in [-0.2, 0) is 0 Å². The second-order valence-corrected chi connectivity index (χ2v) is 3.68. The monoisotopic (exact) mass is 161 g/mol. The zero-order valence-corrected chi connectivity index (χ0v) is 7.24. The minimum Gasteiger partial charge on any atom is -0.328 e. The average molecular weight is 161 g/mol. The van der Waals surface area contributed by atoms with E-state index in [2.05, 4.69) is 30.3 Å². The summed E-state index contributed by atoms with van der Waals surface area (Å²) in [6, 6.07) is 11.2. The second-order valence-electron chi connectivity index (χ2n) is 3.68. The molecule has 1 aliphatic rings. The molecule has 1 saturated carbocycles. The molecule has 0 aromatic heterocycles. The van der Waals surface area contributed by atoms with Crippen molar-refractivity contribution in [1.29, 1.82) is 0 Å². The Morgan fingerprint density at radius 3 is 2.42 bits per heavy atom. The van der Waals surface area contributed by atoms with Gasteiger partial charge in [0.05, 0.1) is 0 Å². The first kappa shape index (κ1) is 7.81. The summed E-state index contributed by atoms with van der Waals surface area (Å²) in [6.07, 6.45) is 3.63. The van der Waals surface area contributed by atoms with Crippen LogP contribution in [0.5, 0.6) is 0 Å². The van der Waals surface area contributed by atoms with Gasteiger partial charge >= 0.3 is 0 Å². The van der Waals surface area contributed by atoms with E-state index in [1.165, 1.54) is 24.8 Å². The Kier molecular flexibility index (Phi) is 2.13. The molecule has 2 N–H and O–H groups in total. The lowest BCUT2D eigenvalue weighted by molar-refractivity contribution is 0.675. The number of rotatable bonds is 1. The molecule has 1 aliphatic carbocycles. The fraction of sp³-hybridized carbons (Fsp3) is 0.455. The summed E-state index contributed by atoms with van der Waals surface area (Å²) in [5.74, 6) is 0.723. The van der Waals surface area contributed by atoms with Crippen molar-refractivity contribution in [2.75, 3.05) is 0 Å². The summed E-state index contributed by atoms with van der Waals surface area (Å²) in [5, 5.41) is 0. The summed E-state index contributed by atoms with van der Waals surface area (Å²) >= 11 is 0. The van der Waals surface area contributed by atoms with E-state index in [4.69, 9.17) is 5.73 Å². The molecule has 0 spiro atoms. The van der Waals surface area contributed by atoms with E-state index in [1.54, 1.807) is 0 Å². The normalized spacial score (nSPS) is 29.1. The van der Waals surface area contributed by atoms with Gasteiger partial charge in [0.25, 0.3) is 0 Å². The van der Waals surface area contributed by atoms with E-state index in [0.717, 1.165) is 5.92 Å². The first-order valence-corrected chi connectivity index (χ1v) is 4.67. The first-order valence-electron chi connectivity index (χ1n) is 4.67. The Labute approximate surface area is 73.6 Å². The highest BCUT2D eigenvalue weighted by Gasteiger charge is 2.22. The van der Waals surface area contributed by atoms with Crippen molar-refractivity contribution in [3.8, 4) is 0 Å². The van der Waals surface area contributed by atoms with Gasteiger partial charge in [0.15, 0.2) is 0 Å². The maximum atomic E-state index is 5.86. The maximum Gasteiger partial charge on any atom is 0.00448 e. The Bertz CT molecular complexity index is 242. The van der Waals surface area contributed by atoms with Crippen molar-refractivity contribution in [2.24, 2.45) is 5.73 Å². The molecule has 12 heavy (non-hydrogen) atoms. The number of nitrogens with two attached hydrogens (primary N) is 1. The fourth-order valence-corrected chi connectivity index (χ4v) is 2.04. The SMILES string of the molecule is N[C@@H]1CC[C@H](c2ccccc2)C1. The van der Waals surface area contributed by atoms with Crippen LogP contribution in [0.3, 0.4) is 0 Å². The zero-order chi connectivity index (χ0) is 8.39. The van der Waals surface area contributed by atoms with Crippen molar-refractivity contribution in [1.82, 2.24) is 0 Å². The number of benzene rings is 1. The minimum absolute atomic E-state index is 0.440. The average Bonchev–Trinajstić information content (AvgIpc) is 2.54. The van der Waals surface area contributed by atoms with E-state index in [-0.39, 0.29) is 0 Å². The lowest BCUT2D eigenvalue weighted by Gasteiger charge is -2.08. The van der Waals surface area contributed by atoms with E-state index in [1.807, 2.05) is 0 Å². The summed E-state index contributed by atoms with van der Waals surface area (Å²) in [5.41, 5.74) is 7.33. The summed E-state index contributed by atoms with van der Waals surface area (Å²) in [7, 11) is 0.